The predicted molar refractivity (Wildman–Crippen MR) is 117 cm³/mol. The fourth-order valence-electron chi connectivity index (χ4n) is 3.73. The second-order valence-corrected chi connectivity index (χ2v) is 8.96. The first-order valence-electron chi connectivity index (χ1n) is 9.67. The van der Waals surface area contributed by atoms with Gasteiger partial charge in [-0.2, -0.15) is 0 Å². The van der Waals surface area contributed by atoms with E-state index in [2.05, 4.69) is 4.98 Å². The van der Waals surface area contributed by atoms with Crippen molar-refractivity contribution in [3.63, 3.8) is 0 Å². The largest absolute Gasteiger partial charge is 0.497 e. The van der Waals surface area contributed by atoms with Gasteiger partial charge in [0.05, 0.1) is 22.5 Å². The Morgan fingerprint density at radius 3 is 2.35 bits per heavy atom. The third-order valence-corrected chi connectivity index (χ3v) is 7.21. The van der Waals surface area contributed by atoms with Crippen LogP contribution >= 0.6 is 0 Å². The minimum Gasteiger partial charge on any atom is -0.497 e. The highest BCUT2D eigenvalue weighted by atomic mass is 32.2. The van der Waals surface area contributed by atoms with E-state index in [0.29, 0.717) is 29.0 Å². The van der Waals surface area contributed by atoms with Crippen molar-refractivity contribution < 1.29 is 23.1 Å². The van der Waals surface area contributed by atoms with Crippen molar-refractivity contribution in [2.75, 3.05) is 12.8 Å². The number of rotatable bonds is 7. The summed E-state index contributed by atoms with van der Waals surface area (Å²) in [7, 11) is -2.69. The van der Waals surface area contributed by atoms with Gasteiger partial charge < -0.3 is 15.6 Å². The van der Waals surface area contributed by atoms with E-state index in [0.717, 1.165) is 5.56 Å². The summed E-state index contributed by atoms with van der Waals surface area (Å²) in [6.07, 6.45) is 3.91. The predicted octanol–water partition coefficient (Wildman–Crippen LogP) is 3.67. The van der Waals surface area contributed by atoms with E-state index < -0.39 is 15.8 Å². The number of carbonyl (C=O) groups is 1. The van der Waals surface area contributed by atoms with E-state index in [1.54, 1.807) is 25.4 Å². The van der Waals surface area contributed by atoms with Crippen molar-refractivity contribution in [2.24, 2.45) is 0 Å². The Kier molecular flexibility index (Phi) is 6.31. The summed E-state index contributed by atoms with van der Waals surface area (Å²) in [4.78, 5) is 16.2. The third-order valence-electron chi connectivity index (χ3n) is 5.27. The Bertz CT molecular complexity index is 1220. The monoisotopic (exact) mass is 440 g/mol. The molecule has 0 atom stereocenters. The number of nitrogens with zero attached hydrogens (tertiary/aromatic N) is 1. The second kappa shape index (κ2) is 8.77. The molecule has 0 radical (unpaired) electrons. The molecule has 31 heavy (non-hydrogen) atoms. The van der Waals surface area contributed by atoms with Crippen molar-refractivity contribution >= 4 is 21.5 Å². The van der Waals surface area contributed by atoms with Gasteiger partial charge in [-0.15, -0.1) is 0 Å². The molecule has 1 aromatic heterocycles. The van der Waals surface area contributed by atoms with Gasteiger partial charge in [0.1, 0.15) is 5.75 Å². The Labute approximate surface area is 181 Å². The molecule has 162 valence electrons. The maximum absolute atomic E-state index is 13.6. The first-order valence-corrected chi connectivity index (χ1v) is 11.2. The molecule has 0 fully saturated rings. The molecule has 0 unspecified atom stereocenters. The minimum atomic E-state index is -4.16. The van der Waals surface area contributed by atoms with Crippen LogP contribution in [0.25, 0.3) is 0 Å². The summed E-state index contributed by atoms with van der Waals surface area (Å²) in [5, 5.41) is 10.1. The zero-order valence-corrected chi connectivity index (χ0v) is 18.4. The second-order valence-electron chi connectivity index (χ2n) is 7.08. The molecular weight excluding hydrogens is 416 g/mol. The van der Waals surface area contributed by atoms with Gasteiger partial charge in [-0.25, -0.2) is 13.2 Å². The van der Waals surface area contributed by atoms with Crippen LogP contribution in [0.2, 0.25) is 0 Å². The highest BCUT2D eigenvalue weighted by Gasteiger charge is 2.32. The number of aromatic carboxylic acids is 1. The van der Waals surface area contributed by atoms with Gasteiger partial charge in [-0.1, -0.05) is 13.0 Å². The Morgan fingerprint density at radius 2 is 1.84 bits per heavy atom. The van der Waals surface area contributed by atoms with Crippen LogP contribution in [0, 0.1) is 6.92 Å². The summed E-state index contributed by atoms with van der Waals surface area (Å²) in [5.74, 6) is -0.823. The van der Waals surface area contributed by atoms with Crippen molar-refractivity contribution in [1.29, 1.82) is 0 Å². The van der Waals surface area contributed by atoms with Crippen LogP contribution in [0.3, 0.4) is 0 Å². The average Bonchev–Trinajstić information content (AvgIpc) is 2.76. The van der Waals surface area contributed by atoms with Crippen LogP contribution in [-0.4, -0.2) is 31.6 Å². The van der Waals surface area contributed by atoms with Crippen LogP contribution in [0.15, 0.2) is 58.6 Å². The smallest absolute Gasteiger partial charge is 0.337 e. The molecule has 7 nitrogen and oxygen atoms in total. The third kappa shape index (κ3) is 4.11. The lowest BCUT2D eigenvalue weighted by Crippen LogP contribution is -2.19. The number of ether oxygens (including phenoxy) is 1. The lowest BCUT2D eigenvalue weighted by atomic mass is 9.90. The Balaban J connectivity index is 2.35. The molecule has 0 aliphatic rings. The van der Waals surface area contributed by atoms with E-state index in [1.807, 2.05) is 13.0 Å². The summed E-state index contributed by atoms with van der Waals surface area (Å²) in [5.41, 5.74) is 8.40. The highest BCUT2D eigenvalue weighted by molar-refractivity contribution is 7.91. The average molecular weight is 441 g/mol. The zero-order valence-electron chi connectivity index (χ0n) is 17.5. The molecule has 0 saturated carbocycles. The number of hydrogen-bond acceptors (Lipinski definition) is 6. The number of aromatic nitrogens is 1. The van der Waals surface area contributed by atoms with E-state index in [9.17, 15) is 18.3 Å². The summed E-state index contributed by atoms with van der Waals surface area (Å²) in [6.45, 7) is 3.41. The number of nitrogens with two attached hydrogens (primary N) is 1. The first-order chi connectivity index (χ1) is 14.7. The van der Waals surface area contributed by atoms with E-state index >= 15 is 0 Å². The van der Waals surface area contributed by atoms with Gasteiger partial charge in [0.15, 0.2) is 0 Å². The number of hydrogen-bond donors (Lipinski definition) is 2. The van der Waals surface area contributed by atoms with Gasteiger partial charge in [0.2, 0.25) is 9.84 Å². The Morgan fingerprint density at radius 1 is 1.16 bits per heavy atom. The molecular formula is C23H24N2O5S. The molecule has 1 heterocycles. The number of carboxylic acids is 1. The normalized spacial score (nSPS) is 11.3. The SMILES string of the molecule is CCc1c(N)c(C)c(S(=O)(=O)c2ccc(OC)cc2)c(C(=O)O)c1Cc1cccnc1. The number of carboxylic acid groups (broad SMARTS) is 1. The fourth-order valence-corrected chi connectivity index (χ4v) is 5.45. The highest BCUT2D eigenvalue weighted by Crippen LogP contribution is 2.37. The summed E-state index contributed by atoms with van der Waals surface area (Å²) in [6, 6.07) is 9.37. The number of nitrogen functional groups attached to an aromatic ring is 1. The molecule has 0 aliphatic carbocycles. The zero-order chi connectivity index (χ0) is 22.8. The summed E-state index contributed by atoms with van der Waals surface area (Å²) >= 11 is 0. The van der Waals surface area contributed by atoms with Gasteiger partial charge in [0.25, 0.3) is 0 Å². The quantitative estimate of drug-likeness (QED) is 0.538. The number of anilines is 1. The maximum Gasteiger partial charge on any atom is 0.337 e. The van der Waals surface area contributed by atoms with Crippen molar-refractivity contribution in [2.45, 2.75) is 36.5 Å². The molecule has 0 spiro atoms. The molecule has 3 rings (SSSR count). The molecule has 0 bridgehead atoms. The number of methoxy groups -OCH3 is 1. The fraction of sp³-hybridized carbons (Fsp3) is 0.217. The lowest BCUT2D eigenvalue weighted by molar-refractivity contribution is 0.0691. The van der Waals surface area contributed by atoms with Crippen LogP contribution in [0.4, 0.5) is 5.69 Å². The van der Waals surface area contributed by atoms with Crippen LogP contribution in [0.1, 0.15) is 39.5 Å². The van der Waals surface area contributed by atoms with Gasteiger partial charge in [-0.3, -0.25) is 4.98 Å². The van der Waals surface area contributed by atoms with Crippen LogP contribution in [0.5, 0.6) is 5.75 Å². The first kappa shape index (κ1) is 22.3. The Hall–Kier alpha value is -3.39. The lowest BCUT2D eigenvalue weighted by Gasteiger charge is -2.21. The van der Waals surface area contributed by atoms with Crippen molar-refractivity contribution in [1.82, 2.24) is 4.98 Å². The van der Waals surface area contributed by atoms with Crippen LogP contribution < -0.4 is 10.5 Å². The molecule has 3 aromatic rings. The molecule has 2 aromatic carbocycles. The van der Waals surface area contributed by atoms with E-state index in [4.69, 9.17) is 10.5 Å². The molecule has 3 N–H and O–H groups in total. The van der Waals surface area contributed by atoms with Gasteiger partial charge >= 0.3 is 5.97 Å². The van der Waals surface area contributed by atoms with Crippen molar-refractivity contribution in [3.05, 3.63) is 76.6 Å². The van der Waals surface area contributed by atoms with Gasteiger partial charge in [0, 0.05) is 24.5 Å². The molecule has 0 amide bonds. The number of sulfone groups is 1. The summed E-state index contributed by atoms with van der Waals surface area (Å²) < 4.78 is 32.2. The molecule has 8 heteroatoms. The van der Waals surface area contributed by atoms with Gasteiger partial charge in [-0.05, 0) is 65.9 Å². The van der Waals surface area contributed by atoms with Crippen molar-refractivity contribution in [3.8, 4) is 5.75 Å². The molecule has 0 aliphatic heterocycles. The topological polar surface area (TPSA) is 120 Å². The maximum atomic E-state index is 13.6. The standard InChI is InChI=1S/C23H24N2O5S/c1-4-18-19(12-15-6-5-11-25-13-15)20(23(26)27)22(14(2)21(18)24)31(28,29)17-9-7-16(30-3)8-10-17/h5-11,13H,4,12,24H2,1-3H3,(H,26,27). The van der Waals surface area contributed by atoms with E-state index in [1.165, 1.54) is 31.4 Å². The number of pyridine rings is 1. The van der Waals surface area contributed by atoms with Crippen LogP contribution in [-0.2, 0) is 22.7 Å². The number of benzene rings is 2. The van der Waals surface area contributed by atoms with E-state index in [-0.39, 0.29) is 27.3 Å². The molecule has 0 saturated heterocycles. The minimum absolute atomic E-state index is 0.0325.